The molecule has 1 saturated heterocycles. The number of nitrogens with one attached hydrogen (secondary N) is 2. The van der Waals surface area contributed by atoms with Gasteiger partial charge in [-0.1, -0.05) is 6.07 Å². The summed E-state index contributed by atoms with van der Waals surface area (Å²) in [6.07, 6.45) is 0.834. The molecular weight excluding hydrogens is 417 g/mol. The molecule has 0 aliphatic carbocycles. The van der Waals surface area contributed by atoms with Gasteiger partial charge >= 0.3 is 0 Å². The van der Waals surface area contributed by atoms with Gasteiger partial charge in [-0.05, 0) is 37.5 Å². The summed E-state index contributed by atoms with van der Waals surface area (Å²) in [4.78, 5) is 5.84. The van der Waals surface area contributed by atoms with Gasteiger partial charge in [0.25, 0.3) is 0 Å². The Labute approximate surface area is 152 Å². The monoisotopic (exact) mass is 441 g/mol. The summed E-state index contributed by atoms with van der Waals surface area (Å²) in [5.74, 6) is 2.59. The van der Waals surface area contributed by atoms with Crippen molar-refractivity contribution in [2.75, 3.05) is 24.6 Å². The van der Waals surface area contributed by atoms with E-state index in [0.29, 0.717) is 6.54 Å². The van der Waals surface area contributed by atoms with Crippen LogP contribution < -0.4 is 10.6 Å². The minimum absolute atomic E-state index is 0. The average molecular weight is 441 g/mol. The molecule has 2 unspecified atom stereocenters. The first-order chi connectivity index (χ1) is 9.63. The van der Waals surface area contributed by atoms with Crippen molar-refractivity contribution in [1.82, 2.24) is 10.6 Å². The maximum Gasteiger partial charge on any atom is 0.191 e. The molecule has 0 saturated carbocycles. The van der Waals surface area contributed by atoms with E-state index in [2.05, 4.69) is 40.1 Å². The van der Waals surface area contributed by atoms with Gasteiger partial charge in [0.15, 0.2) is 5.96 Å². The summed E-state index contributed by atoms with van der Waals surface area (Å²) in [5, 5.41) is 19.1. The van der Waals surface area contributed by atoms with Crippen molar-refractivity contribution in [3.05, 3.63) is 22.4 Å². The molecule has 4 nitrogen and oxygen atoms in total. The number of hydrogen-bond donors (Lipinski definition) is 3. The van der Waals surface area contributed by atoms with Crippen molar-refractivity contribution >= 4 is 53.0 Å². The molecule has 3 N–H and O–H groups in total. The van der Waals surface area contributed by atoms with Crippen LogP contribution >= 0.6 is 47.1 Å². The van der Waals surface area contributed by atoms with E-state index >= 15 is 0 Å². The number of aliphatic imine (C=N–C) groups is 1. The van der Waals surface area contributed by atoms with Gasteiger partial charge in [0, 0.05) is 17.2 Å². The second-order valence-electron chi connectivity index (χ2n) is 5.10. The molecule has 21 heavy (non-hydrogen) atoms. The molecular formula is C14H24IN3OS2. The van der Waals surface area contributed by atoms with Gasteiger partial charge < -0.3 is 15.7 Å². The maximum atomic E-state index is 10.3. The van der Waals surface area contributed by atoms with Crippen LogP contribution in [0.25, 0.3) is 0 Å². The largest absolute Gasteiger partial charge is 0.387 e. The highest BCUT2D eigenvalue weighted by Crippen LogP contribution is 2.27. The highest BCUT2D eigenvalue weighted by atomic mass is 127. The van der Waals surface area contributed by atoms with Crippen molar-refractivity contribution < 1.29 is 5.11 Å². The summed E-state index contributed by atoms with van der Waals surface area (Å²) in [7, 11) is 0. The molecule has 120 valence electrons. The van der Waals surface area contributed by atoms with Crippen molar-refractivity contribution in [2.45, 2.75) is 31.9 Å². The normalized spacial score (nSPS) is 23.5. The Bertz CT molecular complexity index is 433. The average Bonchev–Trinajstić information content (AvgIpc) is 3.08. The second-order valence-corrected chi connectivity index (χ2v) is 7.19. The number of guanidine groups is 1. The third-order valence-electron chi connectivity index (χ3n) is 3.28. The highest BCUT2D eigenvalue weighted by Gasteiger charge is 2.31. The lowest BCUT2D eigenvalue weighted by molar-refractivity contribution is 0.0778. The molecule has 2 heterocycles. The van der Waals surface area contributed by atoms with Gasteiger partial charge in [-0.3, -0.25) is 4.99 Å². The number of thioether (sulfide) groups is 1. The number of aliphatic hydroxyl groups is 1. The highest BCUT2D eigenvalue weighted by molar-refractivity contribution is 14.0. The molecule has 2 rings (SSSR count). The van der Waals surface area contributed by atoms with E-state index in [9.17, 15) is 5.11 Å². The van der Waals surface area contributed by atoms with E-state index in [-0.39, 0.29) is 30.0 Å². The van der Waals surface area contributed by atoms with E-state index in [1.165, 1.54) is 4.88 Å². The van der Waals surface area contributed by atoms with Crippen LogP contribution in [0, 0.1) is 0 Å². The van der Waals surface area contributed by atoms with Crippen LogP contribution in [0.2, 0.25) is 0 Å². The molecule has 1 aromatic rings. The van der Waals surface area contributed by atoms with Crippen molar-refractivity contribution in [3.8, 4) is 0 Å². The molecule has 0 bridgehead atoms. The van der Waals surface area contributed by atoms with Crippen LogP contribution in [-0.2, 0) is 0 Å². The number of halogens is 1. The first-order valence-electron chi connectivity index (χ1n) is 7.01. The Hall–Kier alpha value is 0.01000. The standard InChI is InChI=1S/C14H23N3OS2.HI/c1-3-15-13(16-9-14(18)6-8-19-10-14)17-11(2)12-5-4-7-20-12;/h4-5,7,11,18H,3,6,8-10H2,1-2H3,(H2,15,16,17);1H. The lowest BCUT2D eigenvalue weighted by atomic mass is 10.1. The van der Waals surface area contributed by atoms with Gasteiger partial charge in [0.05, 0.1) is 18.2 Å². The zero-order valence-electron chi connectivity index (χ0n) is 12.5. The molecule has 7 heteroatoms. The molecule has 0 amide bonds. The molecule has 1 aliphatic rings. The fraction of sp³-hybridized carbons (Fsp3) is 0.643. The predicted molar refractivity (Wildman–Crippen MR) is 104 cm³/mol. The number of hydrogen-bond acceptors (Lipinski definition) is 4. The SMILES string of the molecule is CCNC(=NCC1(O)CCSC1)NC(C)c1cccs1.I. The van der Waals surface area contributed by atoms with Crippen molar-refractivity contribution in [3.63, 3.8) is 0 Å². The maximum absolute atomic E-state index is 10.3. The Morgan fingerprint density at radius 1 is 1.57 bits per heavy atom. The molecule has 1 aliphatic heterocycles. The zero-order valence-corrected chi connectivity index (χ0v) is 16.4. The fourth-order valence-electron chi connectivity index (χ4n) is 2.08. The quantitative estimate of drug-likeness (QED) is 0.374. The molecule has 0 spiro atoms. The van der Waals surface area contributed by atoms with Gasteiger partial charge in [-0.25, -0.2) is 0 Å². The molecule has 1 aromatic heterocycles. The van der Waals surface area contributed by atoms with E-state index in [0.717, 1.165) is 30.4 Å². The van der Waals surface area contributed by atoms with Gasteiger partial charge in [-0.15, -0.1) is 35.3 Å². The molecule has 0 radical (unpaired) electrons. The number of nitrogens with zero attached hydrogens (tertiary/aromatic N) is 1. The summed E-state index contributed by atoms with van der Waals surface area (Å²) in [6, 6.07) is 4.40. The summed E-state index contributed by atoms with van der Waals surface area (Å²) >= 11 is 3.54. The van der Waals surface area contributed by atoms with E-state index < -0.39 is 5.60 Å². The number of rotatable bonds is 5. The zero-order chi connectivity index (χ0) is 14.4. The smallest absolute Gasteiger partial charge is 0.191 e. The second kappa shape index (κ2) is 9.22. The third-order valence-corrected chi connectivity index (χ3v) is 5.57. The van der Waals surface area contributed by atoms with Gasteiger partial charge in [0.2, 0.25) is 0 Å². The van der Waals surface area contributed by atoms with Crippen LogP contribution in [-0.4, -0.2) is 41.3 Å². The Kier molecular flexibility index (Phi) is 8.36. The minimum atomic E-state index is -0.626. The van der Waals surface area contributed by atoms with E-state index in [4.69, 9.17) is 0 Å². The lowest BCUT2D eigenvalue weighted by Gasteiger charge is -2.21. The number of thiophene rings is 1. The van der Waals surface area contributed by atoms with Crippen LogP contribution in [0.4, 0.5) is 0 Å². The van der Waals surface area contributed by atoms with Crippen LogP contribution in [0.1, 0.15) is 31.2 Å². The Morgan fingerprint density at radius 3 is 2.95 bits per heavy atom. The van der Waals surface area contributed by atoms with E-state index in [1.807, 2.05) is 6.92 Å². The first kappa shape index (κ1) is 19.1. The van der Waals surface area contributed by atoms with Crippen molar-refractivity contribution in [2.24, 2.45) is 4.99 Å². The predicted octanol–water partition coefficient (Wildman–Crippen LogP) is 2.85. The molecule has 0 aromatic carbocycles. The lowest BCUT2D eigenvalue weighted by Crippen LogP contribution is -2.41. The summed E-state index contributed by atoms with van der Waals surface area (Å²) < 4.78 is 0. The van der Waals surface area contributed by atoms with Gasteiger partial charge in [-0.2, -0.15) is 11.8 Å². The first-order valence-corrected chi connectivity index (χ1v) is 9.05. The van der Waals surface area contributed by atoms with Gasteiger partial charge in [0.1, 0.15) is 0 Å². The van der Waals surface area contributed by atoms with Crippen LogP contribution in [0.15, 0.2) is 22.5 Å². The topological polar surface area (TPSA) is 56.7 Å². The fourth-order valence-corrected chi connectivity index (χ4v) is 4.10. The summed E-state index contributed by atoms with van der Waals surface area (Å²) in [6.45, 7) is 5.45. The third kappa shape index (κ3) is 5.96. The van der Waals surface area contributed by atoms with E-state index in [1.54, 1.807) is 23.1 Å². The minimum Gasteiger partial charge on any atom is -0.387 e. The summed E-state index contributed by atoms with van der Waals surface area (Å²) in [5.41, 5.74) is -0.626. The van der Waals surface area contributed by atoms with Crippen LogP contribution in [0.5, 0.6) is 0 Å². The van der Waals surface area contributed by atoms with Crippen LogP contribution in [0.3, 0.4) is 0 Å². The Morgan fingerprint density at radius 2 is 2.38 bits per heavy atom. The Balaban J connectivity index is 0.00000220. The molecule has 1 fully saturated rings. The van der Waals surface area contributed by atoms with Crippen molar-refractivity contribution in [1.29, 1.82) is 0 Å². The molecule has 2 atom stereocenters.